The van der Waals surface area contributed by atoms with Crippen molar-refractivity contribution in [1.82, 2.24) is 4.90 Å². The van der Waals surface area contributed by atoms with Crippen molar-refractivity contribution < 1.29 is 4.79 Å². The quantitative estimate of drug-likeness (QED) is 0.717. The number of thiophene rings is 1. The van der Waals surface area contributed by atoms with E-state index in [4.69, 9.17) is 0 Å². The highest BCUT2D eigenvalue weighted by molar-refractivity contribution is 7.13. The first kappa shape index (κ1) is 17.2. The van der Waals surface area contributed by atoms with E-state index in [9.17, 15) is 4.79 Å². The number of carbonyl (C=O) groups is 1. The summed E-state index contributed by atoms with van der Waals surface area (Å²) in [6.45, 7) is 3.62. The van der Waals surface area contributed by atoms with Crippen LogP contribution in [-0.4, -0.2) is 30.4 Å². The van der Waals surface area contributed by atoms with Crippen LogP contribution in [0.25, 0.3) is 10.4 Å². The minimum Gasteiger partial charge on any atom is -0.326 e. The van der Waals surface area contributed by atoms with Gasteiger partial charge in [0.1, 0.15) is 0 Å². The second-order valence-electron chi connectivity index (χ2n) is 6.46. The van der Waals surface area contributed by atoms with Gasteiger partial charge in [0.2, 0.25) is 5.91 Å². The lowest BCUT2D eigenvalue weighted by Crippen LogP contribution is -2.30. The van der Waals surface area contributed by atoms with Gasteiger partial charge in [-0.1, -0.05) is 24.6 Å². The molecular formula is C20H26N2OS. The molecule has 2 heterocycles. The molecule has 2 aromatic rings. The van der Waals surface area contributed by atoms with E-state index in [1.807, 2.05) is 12.1 Å². The van der Waals surface area contributed by atoms with Crippen molar-refractivity contribution in [3.8, 4) is 10.4 Å². The molecule has 0 spiro atoms. The summed E-state index contributed by atoms with van der Waals surface area (Å²) >= 11 is 1.73. The Labute approximate surface area is 148 Å². The Bertz CT molecular complexity index is 616. The number of nitrogens with one attached hydrogen (secondary N) is 1. The van der Waals surface area contributed by atoms with E-state index < -0.39 is 0 Å². The molecule has 1 saturated heterocycles. The monoisotopic (exact) mass is 342 g/mol. The van der Waals surface area contributed by atoms with Gasteiger partial charge < -0.3 is 10.2 Å². The number of hydrogen-bond donors (Lipinski definition) is 1. The van der Waals surface area contributed by atoms with Crippen molar-refractivity contribution in [2.75, 3.05) is 25.0 Å². The third-order valence-corrected chi connectivity index (χ3v) is 5.47. The summed E-state index contributed by atoms with van der Waals surface area (Å²) < 4.78 is 0. The van der Waals surface area contributed by atoms with E-state index in [-0.39, 0.29) is 5.91 Å². The van der Waals surface area contributed by atoms with Crippen LogP contribution >= 0.6 is 11.3 Å². The zero-order valence-corrected chi connectivity index (χ0v) is 15.0. The van der Waals surface area contributed by atoms with Crippen molar-refractivity contribution in [3.63, 3.8) is 0 Å². The molecular weight excluding hydrogens is 316 g/mol. The predicted octanol–water partition coefficient (Wildman–Crippen LogP) is 5.01. The van der Waals surface area contributed by atoms with Gasteiger partial charge in [-0.25, -0.2) is 0 Å². The summed E-state index contributed by atoms with van der Waals surface area (Å²) in [7, 11) is 0. The van der Waals surface area contributed by atoms with Gasteiger partial charge in [-0.15, -0.1) is 11.3 Å². The number of unbranched alkanes of at least 4 members (excludes halogenated alkanes) is 1. The Hall–Kier alpha value is -1.65. The first-order valence-electron chi connectivity index (χ1n) is 8.97. The Morgan fingerprint density at radius 3 is 2.54 bits per heavy atom. The van der Waals surface area contributed by atoms with Crippen molar-refractivity contribution in [3.05, 3.63) is 41.8 Å². The second kappa shape index (κ2) is 9.00. The number of nitrogens with zero attached hydrogens (tertiary/aromatic N) is 1. The average Bonchev–Trinajstić information content (AvgIpc) is 3.15. The van der Waals surface area contributed by atoms with E-state index in [1.54, 1.807) is 11.3 Å². The van der Waals surface area contributed by atoms with Crippen LogP contribution in [-0.2, 0) is 4.79 Å². The number of piperidine rings is 1. The summed E-state index contributed by atoms with van der Waals surface area (Å²) in [6, 6.07) is 12.3. The number of benzene rings is 1. The van der Waals surface area contributed by atoms with Crippen LogP contribution in [0.1, 0.15) is 38.5 Å². The maximum Gasteiger partial charge on any atom is 0.224 e. The fourth-order valence-corrected chi connectivity index (χ4v) is 3.92. The normalized spacial score (nSPS) is 15.3. The first-order valence-corrected chi connectivity index (χ1v) is 9.85. The van der Waals surface area contributed by atoms with E-state index >= 15 is 0 Å². The van der Waals surface area contributed by atoms with Crippen LogP contribution in [0.4, 0.5) is 5.69 Å². The molecule has 4 heteroatoms. The molecule has 3 nitrogen and oxygen atoms in total. The summed E-state index contributed by atoms with van der Waals surface area (Å²) in [5.41, 5.74) is 2.08. The molecule has 0 radical (unpaired) electrons. The van der Waals surface area contributed by atoms with E-state index in [0.29, 0.717) is 6.42 Å². The third kappa shape index (κ3) is 5.18. The molecule has 24 heavy (non-hydrogen) atoms. The predicted molar refractivity (Wildman–Crippen MR) is 103 cm³/mol. The van der Waals surface area contributed by atoms with Gasteiger partial charge in [0.15, 0.2) is 0 Å². The van der Waals surface area contributed by atoms with Gasteiger partial charge in [0.05, 0.1) is 0 Å². The lowest BCUT2D eigenvalue weighted by Gasteiger charge is -2.26. The smallest absolute Gasteiger partial charge is 0.224 e. The summed E-state index contributed by atoms with van der Waals surface area (Å²) in [5.74, 6) is 0.123. The molecule has 1 aliphatic rings. The van der Waals surface area contributed by atoms with Crippen molar-refractivity contribution in [2.24, 2.45) is 0 Å². The fraction of sp³-hybridized carbons (Fsp3) is 0.450. The number of amides is 1. The SMILES string of the molecule is O=C(CCCCN1CCCCC1)Nc1ccc(-c2cccs2)cc1. The van der Waals surface area contributed by atoms with Crippen LogP contribution in [0.2, 0.25) is 0 Å². The average molecular weight is 343 g/mol. The van der Waals surface area contributed by atoms with E-state index in [1.165, 1.54) is 42.8 Å². The van der Waals surface area contributed by atoms with Crippen LogP contribution in [0.15, 0.2) is 41.8 Å². The number of carbonyl (C=O) groups excluding carboxylic acids is 1. The zero-order chi connectivity index (χ0) is 16.6. The van der Waals surface area contributed by atoms with Crippen LogP contribution in [0.3, 0.4) is 0 Å². The lowest BCUT2D eigenvalue weighted by molar-refractivity contribution is -0.116. The summed E-state index contributed by atoms with van der Waals surface area (Å²) in [6.07, 6.45) is 6.74. The Balaban J connectivity index is 1.37. The molecule has 0 aliphatic carbocycles. The van der Waals surface area contributed by atoms with Crippen LogP contribution in [0, 0.1) is 0 Å². The third-order valence-electron chi connectivity index (χ3n) is 4.55. The second-order valence-corrected chi connectivity index (χ2v) is 7.41. The van der Waals surface area contributed by atoms with Crippen LogP contribution in [0.5, 0.6) is 0 Å². The molecule has 3 rings (SSSR count). The highest BCUT2D eigenvalue weighted by Gasteiger charge is 2.09. The van der Waals surface area contributed by atoms with Crippen molar-refractivity contribution in [1.29, 1.82) is 0 Å². The van der Waals surface area contributed by atoms with Gasteiger partial charge in [-0.05, 0) is 74.5 Å². The van der Waals surface area contributed by atoms with Crippen molar-refractivity contribution in [2.45, 2.75) is 38.5 Å². The van der Waals surface area contributed by atoms with Gasteiger partial charge in [-0.2, -0.15) is 0 Å². The topological polar surface area (TPSA) is 32.3 Å². The molecule has 0 unspecified atom stereocenters. The molecule has 0 bridgehead atoms. The molecule has 1 amide bonds. The zero-order valence-electron chi connectivity index (χ0n) is 14.2. The van der Waals surface area contributed by atoms with Gasteiger partial charge in [0.25, 0.3) is 0 Å². The number of likely N-dealkylation sites (tertiary alicyclic amines) is 1. The number of anilines is 1. The van der Waals surface area contributed by atoms with E-state index in [0.717, 1.165) is 25.1 Å². The largest absolute Gasteiger partial charge is 0.326 e. The molecule has 1 aromatic carbocycles. The van der Waals surface area contributed by atoms with Gasteiger partial charge in [-0.3, -0.25) is 4.79 Å². The maximum absolute atomic E-state index is 12.1. The molecule has 1 aliphatic heterocycles. The first-order chi connectivity index (χ1) is 11.8. The highest BCUT2D eigenvalue weighted by atomic mass is 32.1. The van der Waals surface area contributed by atoms with E-state index in [2.05, 4.69) is 39.9 Å². The lowest BCUT2D eigenvalue weighted by atomic mass is 10.1. The van der Waals surface area contributed by atoms with Gasteiger partial charge in [0, 0.05) is 17.0 Å². The molecule has 1 aromatic heterocycles. The van der Waals surface area contributed by atoms with Gasteiger partial charge >= 0.3 is 0 Å². The Morgan fingerprint density at radius 2 is 1.83 bits per heavy atom. The standard InChI is InChI=1S/C20H26N2OS/c23-20(8-2-5-15-22-13-3-1-4-14-22)21-18-11-9-17(10-12-18)19-7-6-16-24-19/h6-7,9-12,16H,1-5,8,13-15H2,(H,21,23). The maximum atomic E-state index is 12.1. The minimum atomic E-state index is 0.123. The molecule has 1 N–H and O–H groups in total. The fourth-order valence-electron chi connectivity index (χ4n) is 3.19. The van der Waals surface area contributed by atoms with Crippen molar-refractivity contribution >= 4 is 22.9 Å². The number of rotatable bonds is 7. The summed E-state index contributed by atoms with van der Waals surface area (Å²) in [4.78, 5) is 15.8. The molecule has 1 fully saturated rings. The molecule has 0 saturated carbocycles. The molecule has 0 atom stereocenters. The van der Waals surface area contributed by atoms with Crippen LogP contribution < -0.4 is 5.32 Å². The minimum absolute atomic E-state index is 0.123. The summed E-state index contributed by atoms with van der Waals surface area (Å²) in [5, 5.41) is 5.08. The number of hydrogen-bond acceptors (Lipinski definition) is 3. The highest BCUT2D eigenvalue weighted by Crippen LogP contribution is 2.25. The Kier molecular flexibility index (Phi) is 6.44. The molecule has 128 valence electrons. The Morgan fingerprint density at radius 1 is 1.04 bits per heavy atom.